The van der Waals surface area contributed by atoms with Gasteiger partial charge < -0.3 is 4.90 Å². The molecule has 0 radical (unpaired) electrons. The third kappa shape index (κ3) is 3.30. The van der Waals surface area contributed by atoms with Crippen LogP contribution in [-0.2, 0) is 0 Å². The number of benzene rings is 1. The molecule has 1 unspecified atom stereocenters. The number of halogens is 1. The first kappa shape index (κ1) is 14.4. The summed E-state index contributed by atoms with van der Waals surface area (Å²) < 4.78 is 0.900. The Morgan fingerprint density at radius 3 is 2.79 bits per heavy atom. The predicted octanol–water partition coefficient (Wildman–Crippen LogP) is 4.58. The molecule has 19 heavy (non-hydrogen) atoms. The smallest absolute Gasteiger partial charge is 0.103 e. The van der Waals surface area contributed by atoms with Crippen molar-refractivity contribution < 1.29 is 0 Å². The minimum absolute atomic E-state index is 0.762. The molecule has 3 heteroatoms. The highest BCUT2D eigenvalue weighted by Crippen LogP contribution is 2.31. The summed E-state index contributed by atoms with van der Waals surface area (Å²) in [6, 6.07) is 8.36. The lowest BCUT2D eigenvalue weighted by Gasteiger charge is -2.24. The van der Waals surface area contributed by atoms with Gasteiger partial charge in [0.15, 0.2) is 0 Å². The van der Waals surface area contributed by atoms with Crippen LogP contribution in [0.3, 0.4) is 0 Å². The first-order valence-corrected chi connectivity index (χ1v) is 7.86. The molecule has 1 aromatic rings. The van der Waals surface area contributed by atoms with Crippen LogP contribution in [0, 0.1) is 23.2 Å². The van der Waals surface area contributed by atoms with Gasteiger partial charge in [-0.3, -0.25) is 0 Å². The standard InChI is InChI=1S/C16H21BrN2/c1-12(2)13-5-4-9-19(10-8-13)16-7-3-6-15(17)14(16)11-18/h3,6-7,12-13H,4-5,8-10H2,1-2H3. The lowest BCUT2D eigenvalue weighted by Crippen LogP contribution is -2.25. The average Bonchev–Trinajstić information content (AvgIpc) is 2.64. The highest BCUT2D eigenvalue weighted by Gasteiger charge is 2.21. The summed E-state index contributed by atoms with van der Waals surface area (Å²) in [6.45, 7) is 6.77. The lowest BCUT2D eigenvalue weighted by molar-refractivity contribution is 0.351. The van der Waals surface area contributed by atoms with E-state index < -0.39 is 0 Å². The number of nitrogens with zero attached hydrogens (tertiary/aromatic N) is 2. The van der Waals surface area contributed by atoms with E-state index in [1.165, 1.54) is 19.3 Å². The molecule has 1 aromatic carbocycles. The van der Waals surface area contributed by atoms with Gasteiger partial charge in [0, 0.05) is 17.6 Å². The topological polar surface area (TPSA) is 27.0 Å². The van der Waals surface area contributed by atoms with Gasteiger partial charge in [-0.05, 0) is 59.2 Å². The van der Waals surface area contributed by atoms with E-state index in [1.807, 2.05) is 12.1 Å². The highest BCUT2D eigenvalue weighted by molar-refractivity contribution is 9.10. The van der Waals surface area contributed by atoms with Gasteiger partial charge in [0.2, 0.25) is 0 Å². The summed E-state index contributed by atoms with van der Waals surface area (Å²) in [5, 5.41) is 9.33. The molecule has 2 rings (SSSR count). The van der Waals surface area contributed by atoms with Gasteiger partial charge in [0.05, 0.1) is 11.3 Å². The summed E-state index contributed by atoms with van der Waals surface area (Å²) in [4.78, 5) is 2.38. The van der Waals surface area contributed by atoms with Gasteiger partial charge in [0.1, 0.15) is 6.07 Å². The van der Waals surface area contributed by atoms with E-state index in [0.717, 1.165) is 40.6 Å². The van der Waals surface area contributed by atoms with E-state index in [4.69, 9.17) is 0 Å². The van der Waals surface area contributed by atoms with Crippen molar-refractivity contribution in [2.24, 2.45) is 11.8 Å². The Labute approximate surface area is 124 Å². The second-order valence-corrected chi connectivity index (χ2v) is 6.52. The second kappa shape index (κ2) is 6.43. The normalized spacial score (nSPS) is 20.2. The summed E-state index contributed by atoms with van der Waals surface area (Å²) in [7, 11) is 0. The molecule has 0 aromatic heterocycles. The fourth-order valence-electron chi connectivity index (χ4n) is 2.92. The van der Waals surface area contributed by atoms with Crippen LogP contribution in [0.5, 0.6) is 0 Å². The molecule has 0 spiro atoms. The molecule has 1 saturated heterocycles. The van der Waals surface area contributed by atoms with Crippen LogP contribution in [0.2, 0.25) is 0 Å². The molecule has 0 aliphatic carbocycles. The van der Waals surface area contributed by atoms with Crippen molar-refractivity contribution in [1.82, 2.24) is 0 Å². The molecule has 0 saturated carbocycles. The van der Waals surface area contributed by atoms with Crippen molar-refractivity contribution in [2.75, 3.05) is 18.0 Å². The van der Waals surface area contributed by atoms with Crippen LogP contribution in [0.25, 0.3) is 0 Å². The average molecular weight is 321 g/mol. The van der Waals surface area contributed by atoms with Crippen LogP contribution in [-0.4, -0.2) is 13.1 Å². The Bertz CT molecular complexity index is 476. The summed E-state index contributed by atoms with van der Waals surface area (Å²) in [5.41, 5.74) is 1.85. The maximum absolute atomic E-state index is 9.33. The summed E-state index contributed by atoms with van der Waals surface area (Å²) in [6.07, 6.45) is 3.76. The minimum atomic E-state index is 0.762. The van der Waals surface area contributed by atoms with Crippen LogP contribution in [0.4, 0.5) is 5.69 Å². The Morgan fingerprint density at radius 2 is 2.11 bits per heavy atom. The van der Waals surface area contributed by atoms with Crippen molar-refractivity contribution in [3.05, 3.63) is 28.2 Å². The zero-order valence-corrected chi connectivity index (χ0v) is 13.3. The van der Waals surface area contributed by atoms with E-state index >= 15 is 0 Å². The van der Waals surface area contributed by atoms with Gasteiger partial charge in [-0.1, -0.05) is 19.9 Å². The second-order valence-electron chi connectivity index (χ2n) is 5.67. The molecule has 102 valence electrons. The van der Waals surface area contributed by atoms with E-state index in [1.54, 1.807) is 0 Å². The van der Waals surface area contributed by atoms with Crippen molar-refractivity contribution in [3.63, 3.8) is 0 Å². The molecule has 1 atom stereocenters. The molecule has 1 aliphatic heterocycles. The van der Waals surface area contributed by atoms with E-state index in [0.29, 0.717) is 0 Å². The SMILES string of the molecule is CC(C)C1CCCN(c2cccc(Br)c2C#N)CC1. The number of hydrogen-bond acceptors (Lipinski definition) is 2. The zero-order valence-electron chi connectivity index (χ0n) is 11.7. The first-order valence-electron chi connectivity index (χ1n) is 7.07. The molecular weight excluding hydrogens is 300 g/mol. The van der Waals surface area contributed by atoms with Crippen LogP contribution < -0.4 is 4.90 Å². The molecule has 0 amide bonds. The highest BCUT2D eigenvalue weighted by atomic mass is 79.9. The number of hydrogen-bond donors (Lipinski definition) is 0. The molecular formula is C16H21BrN2. The van der Waals surface area contributed by atoms with E-state index in [2.05, 4.69) is 46.8 Å². The Morgan fingerprint density at radius 1 is 1.32 bits per heavy atom. The van der Waals surface area contributed by atoms with Crippen LogP contribution >= 0.6 is 15.9 Å². The number of rotatable bonds is 2. The van der Waals surface area contributed by atoms with Crippen molar-refractivity contribution in [1.29, 1.82) is 5.26 Å². The van der Waals surface area contributed by atoms with Gasteiger partial charge in [-0.2, -0.15) is 5.26 Å². The largest absolute Gasteiger partial charge is 0.370 e. The molecule has 1 heterocycles. The quantitative estimate of drug-likeness (QED) is 0.797. The fraction of sp³-hybridized carbons (Fsp3) is 0.562. The van der Waals surface area contributed by atoms with Crippen LogP contribution in [0.15, 0.2) is 22.7 Å². The van der Waals surface area contributed by atoms with Gasteiger partial charge >= 0.3 is 0 Å². The fourth-order valence-corrected chi connectivity index (χ4v) is 3.36. The molecule has 0 bridgehead atoms. The van der Waals surface area contributed by atoms with Crippen molar-refractivity contribution >= 4 is 21.6 Å². The Kier molecular flexibility index (Phi) is 4.87. The van der Waals surface area contributed by atoms with Crippen molar-refractivity contribution in [2.45, 2.75) is 33.1 Å². The predicted molar refractivity (Wildman–Crippen MR) is 83.2 cm³/mol. The molecule has 2 nitrogen and oxygen atoms in total. The van der Waals surface area contributed by atoms with Crippen molar-refractivity contribution in [3.8, 4) is 6.07 Å². The zero-order chi connectivity index (χ0) is 13.8. The van der Waals surface area contributed by atoms with Crippen LogP contribution in [0.1, 0.15) is 38.7 Å². The molecule has 1 aliphatic rings. The monoisotopic (exact) mass is 320 g/mol. The third-order valence-corrected chi connectivity index (χ3v) is 4.82. The molecule has 1 fully saturated rings. The Hall–Kier alpha value is -1.01. The molecule has 0 N–H and O–H groups in total. The number of nitriles is 1. The third-order valence-electron chi connectivity index (χ3n) is 4.16. The lowest BCUT2D eigenvalue weighted by atomic mass is 9.89. The van der Waals surface area contributed by atoms with Gasteiger partial charge in [0.25, 0.3) is 0 Å². The van der Waals surface area contributed by atoms with Gasteiger partial charge in [-0.15, -0.1) is 0 Å². The maximum Gasteiger partial charge on any atom is 0.103 e. The summed E-state index contributed by atoms with van der Waals surface area (Å²) >= 11 is 3.48. The maximum atomic E-state index is 9.33. The van der Waals surface area contributed by atoms with Gasteiger partial charge in [-0.25, -0.2) is 0 Å². The number of anilines is 1. The first-order chi connectivity index (χ1) is 9.13. The van der Waals surface area contributed by atoms with E-state index in [9.17, 15) is 5.26 Å². The summed E-state index contributed by atoms with van der Waals surface area (Å²) in [5.74, 6) is 1.58. The Balaban J connectivity index is 2.19. The van der Waals surface area contributed by atoms with E-state index in [-0.39, 0.29) is 0 Å². The minimum Gasteiger partial charge on any atom is -0.370 e.